The van der Waals surface area contributed by atoms with E-state index < -0.39 is 18.0 Å². The third-order valence-electron chi connectivity index (χ3n) is 3.07. The summed E-state index contributed by atoms with van der Waals surface area (Å²) in [4.78, 5) is 33.7. The Kier molecular flexibility index (Phi) is 6.27. The van der Waals surface area contributed by atoms with Crippen LogP contribution in [0.3, 0.4) is 0 Å². The van der Waals surface area contributed by atoms with E-state index in [1.807, 2.05) is 0 Å². The van der Waals surface area contributed by atoms with E-state index >= 15 is 0 Å². The van der Waals surface area contributed by atoms with E-state index in [0.717, 1.165) is 12.8 Å². The number of carbonyl (C=O) groups is 3. The Morgan fingerprint density at radius 1 is 1.20 bits per heavy atom. The number of nitrogens with one attached hydrogen (secondary N) is 3. The van der Waals surface area contributed by atoms with Crippen LogP contribution in [0.1, 0.15) is 46.0 Å². The second-order valence-electron chi connectivity index (χ2n) is 5.31. The molecule has 0 bridgehead atoms. The predicted molar refractivity (Wildman–Crippen MR) is 73.2 cm³/mol. The molecule has 2 atom stereocenters. The highest BCUT2D eigenvalue weighted by atomic mass is 16.4. The second kappa shape index (κ2) is 7.72. The Labute approximate surface area is 118 Å². The van der Waals surface area contributed by atoms with Crippen molar-refractivity contribution in [3.63, 3.8) is 0 Å². The summed E-state index contributed by atoms with van der Waals surface area (Å²) >= 11 is 0. The van der Waals surface area contributed by atoms with Gasteiger partial charge in [0.25, 0.3) is 0 Å². The van der Waals surface area contributed by atoms with Gasteiger partial charge in [-0.15, -0.1) is 0 Å². The summed E-state index contributed by atoms with van der Waals surface area (Å²) in [6.45, 7) is 3.43. The van der Waals surface area contributed by atoms with Gasteiger partial charge in [0.05, 0.1) is 0 Å². The number of amides is 3. The highest BCUT2D eigenvalue weighted by Gasteiger charge is 2.26. The minimum atomic E-state index is -0.841. The smallest absolute Gasteiger partial charge is 0.315 e. The zero-order valence-electron chi connectivity index (χ0n) is 11.9. The number of carboxylic acid groups (broad SMARTS) is 1. The molecule has 1 rings (SSSR count). The fraction of sp³-hybridized carbons (Fsp3) is 0.769. The lowest BCUT2D eigenvalue weighted by atomic mass is 10.1. The molecule has 0 radical (unpaired) electrons. The van der Waals surface area contributed by atoms with Gasteiger partial charge in [-0.2, -0.15) is 0 Å². The molecule has 1 saturated carbocycles. The van der Waals surface area contributed by atoms with Crippen LogP contribution in [-0.2, 0) is 9.59 Å². The normalized spacial score (nSPS) is 16.9. The lowest BCUT2D eigenvalue weighted by Crippen LogP contribution is -2.50. The summed E-state index contributed by atoms with van der Waals surface area (Å²) in [6.07, 6.45) is 3.20. The van der Waals surface area contributed by atoms with Gasteiger partial charge in [-0.3, -0.25) is 9.59 Å². The average molecular weight is 285 g/mol. The van der Waals surface area contributed by atoms with Crippen molar-refractivity contribution >= 4 is 17.9 Å². The molecule has 0 aliphatic heterocycles. The third kappa shape index (κ3) is 6.96. The standard InChI is InChI=1S/C13H23N3O4/c1-8(4-3-5-11(17)18)14-13(20)15-9(2)12(19)16-10-6-7-10/h8-10H,3-7H2,1-2H3,(H,16,19)(H,17,18)(H2,14,15,20). The molecular formula is C13H23N3O4. The van der Waals surface area contributed by atoms with Crippen molar-refractivity contribution in [2.75, 3.05) is 0 Å². The maximum absolute atomic E-state index is 11.6. The van der Waals surface area contributed by atoms with E-state index in [1.165, 1.54) is 0 Å². The Bertz CT molecular complexity index is 369. The number of rotatable bonds is 8. The van der Waals surface area contributed by atoms with Crippen LogP contribution in [0.5, 0.6) is 0 Å². The highest BCUT2D eigenvalue weighted by molar-refractivity contribution is 5.87. The van der Waals surface area contributed by atoms with Gasteiger partial charge in [0, 0.05) is 18.5 Å². The minimum absolute atomic E-state index is 0.0911. The highest BCUT2D eigenvalue weighted by Crippen LogP contribution is 2.18. The molecule has 0 aromatic heterocycles. The molecule has 7 nitrogen and oxygen atoms in total. The molecule has 1 aliphatic rings. The van der Waals surface area contributed by atoms with E-state index in [1.54, 1.807) is 13.8 Å². The van der Waals surface area contributed by atoms with Crippen LogP contribution >= 0.6 is 0 Å². The van der Waals surface area contributed by atoms with E-state index in [0.29, 0.717) is 12.8 Å². The van der Waals surface area contributed by atoms with Gasteiger partial charge in [-0.25, -0.2) is 4.79 Å². The van der Waals surface area contributed by atoms with Crippen molar-refractivity contribution in [1.29, 1.82) is 0 Å². The second-order valence-corrected chi connectivity index (χ2v) is 5.31. The van der Waals surface area contributed by atoms with E-state index in [4.69, 9.17) is 5.11 Å². The van der Waals surface area contributed by atoms with Gasteiger partial charge in [0.2, 0.25) is 5.91 Å². The summed E-state index contributed by atoms with van der Waals surface area (Å²) in [6, 6.07) is -0.856. The van der Waals surface area contributed by atoms with E-state index in [2.05, 4.69) is 16.0 Å². The maximum Gasteiger partial charge on any atom is 0.315 e. The quantitative estimate of drug-likeness (QED) is 0.523. The molecular weight excluding hydrogens is 262 g/mol. The van der Waals surface area contributed by atoms with Gasteiger partial charge in [0.1, 0.15) is 6.04 Å². The number of hydrogen-bond acceptors (Lipinski definition) is 3. The van der Waals surface area contributed by atoms with Crippen LogP contribution in [0.2, 0.25) is 0 Å². The lowest BCUT2D eigenvalue weighted by molar-refractivity contribution is -0.137. The van der Waals surface area contributed by atoms with Crippen molar-refractivity contribution in [1.82, 2.24) is 16.0 Å². The molecule has 0 saturated heterocycles. The molecule has 7 heteroatoms. The zero-order chi connectivity index (χ0) is 15.1. The van der Waals surface area contributed by atoms with Crippen molar-refractivity contribution in [2.45, 2.75) is 64.1 Å². The van der Waals surface area contributed by atoms with Crippen molar-refractivity contribution in [2.24, 2.45) is 0 Å². The molecule has 1 aliphatic carbocycles. The van der Waals surface area contributed by atoms with Gasteiger partial charge in [-0.1, -0.05) is 0 Å². The number of carbonyl (C=O) groups excluding carboxylic acids is 2. The van der Waals surface area contributed by atoms with Crippen LogP contribution in [0.4, 0.5) is 4.79 Å². The fourth-order valence-electron chi connectivity index (χ4n) is 1.71. The first-order valence-electron chi connectivity index (χ1n) is 6.97. The Morgan fingerprint density at radius 2 is 1.85 bits per heavy atom. The molecule has 2 unspecified atom stereocenters. The Hall–Kier alpha value is -1.79. The van der Waals surface area contributed by atoms with Crippen LogP contribution < -0.4 is 16.0 Å². The molecule has 0 spiro atoms. The van der Waals surface area contributed by atoms with Gasteiger partial charge in [-0.05, 0) is 39.5 Å². The third-order valence-corrected chi connectivity index (χ3v) is 3.07. The van der Waals surface area contributed by atoms with Crippen LogP contribution in [-0.4, -0.2) is 41.1 Å². The molecule has 0 heterocycles. The minimum Gasteiger partial charge on any atom is -0.481 e. The number of urea groups is 1. The maximum atomic E-state index is 11.6. The molecule has 114 valence electrons. The predicted octanol–water partition coefficient (Wildman–Crippen LogP) is 0.596. The molecule has 1 fully saturated rings. The molecule has 4 N–H and O–H groups in total. The molecule has 20 heavy (non-hydrogen) atoms. The monoisotopic (exact) mass is 285 g/mol. The summed E-state index contributed by atoms with van der Waals surface area (Å²) in [7, 11) is 0. The first-order valence-corrected chi connectivity index (χ1v) is 6.97. The molecule has 0 aromatic carbocycles. The fourth-order valence-corrected chi connectivity index (χ4v) is 1.71. The number of hydrogen-bond donors (Lipinski definition) is 4. The largest absolute Gasteiger partial charge is 0.481 e. The van der Waals surface area contributed by atoms with Crippen LogP contribution in [0.25, 0.3) is 0 Å². The van der Waals surface area contributed by atoms with Gasteiger partial charge in [0.15, 0.2) is 0 Å². The van der Waals surface area contributed by atoms with E-state index in [-0.39, 0.29) is 24.4 Å². The van der Waals surface area contributed by atoms with Crippen molar-refractivity contribution < 1.29 is 19.5 Å². The summed E-state index contributed by atoms with van der Waals surface area (Å²) in [5.74, 6) is -1.02. The summed E-state index contributed by atoms with van der Waals surface area (Å²) < 4.78 is 0. The van der Waals surface area contributed by atoms with Gasteiger partial charge < -0.3 is 21.1 Å². The SMILES string of the molecule is CC(CCCC(=O)O)NC(=O)NC(C)C(=O)NC1CC1. The molecule has 0 aromatic rings. The number of carboxylic acids is 1. The Balaban J connectivity index is 2.17. The first kappa shape index (κ1) is 16.3. The lowest BCUT2D eigenvalue weighted by Gasteiger charge is -2.17. The topological polar surface area (TPSA) is 108 Å². The summed E-state index contributed by atoms with van der Waals surface area (Å²) in [5, 5.41) is 16.6. The van der Waals surface area contributed by atoms with Crippen LogP contribution in [0.15, 0.2) is 0 Å². The van der Waals surface area contributed by atoms with Gasteiger partial charge >= 0.3 is 12.0 Å². The van der Waals surface area contributed by atoms with Crippen LogP contribution in [0, 0.1) is 0 Å². The zero-order valence-corrected chi connectivity index (χ0v) is 11.9. The van der Waals surface area contributed by atoms with Crippen molar-refractivity contribution in [3.05, 3.63) is 0 Å². The Morgan fingerprint density at radius 3 is 2.40 bits per heavy atom. The average Bonchev–Trinajstić information content (AvgIpc) is 3.11. The van der Waals surface area contributed by atoms with E-state index in [9.17, 15) is 14.4 Å². The number of aliphatic carboxylic acids is 1. The van der Waals surface area contributed by atoms with Crippen molar-refractivity contribution in [3.8, 4) is 0 Å². The molecule has 3 amide bonds. The summed E-state index contributed by atoms with van der Waals surface area (Å²) in [5.41, 5.74) is 0. The first-order chi connectivity index (χ1) is 9.38.